The first-order chi connectivity index (χ1) is 10.1. The van der Waals surface area contributed by atoms with Gasteiger partial charge >= 0.3 is 0 Å². The minimum atomic E-state index is -0.0893. The number of nitrogens with zero attached hydrogens (tertiary/aromatic N) is 1. The van der Waals surface area contributed by atoms with Crippen LogP contribution in [0.5, 0.6) is 0 Å². The van der Waals surface area contributed by atoms with Crippen LogP contribution in [0.3, 0.4) is 0 Å². The first kappa shape index (κ1) is 14.6. The molecular weight excluding hydrogens is 260 g/mol. The number of hydrogen-bond donors (Lipinski definition) is 1. The largest absolute Gasteiger partial charge is 0.335 e. The molecule has 1 atom stereocenters. The van der Waals surface area contributed by atoms with E-state index in [0.717, 1.165) is 6.42 Å². The van der Waals surface area contributed by atoms with Crippen LogP contribution in [0.1, 0.15) is 45.1 Å². The summed E-state index contributed by atoms with van der Waals surface area (Å²) in [5, 5.41) is 3.48. The summed E-state index contributed by atoms with van der Waals surface area (Å²) in [4.78, 5) is 15.2. The molecule has 2 saturated carbocycles. The van der Waals surface area contributed by atoms with Gasteiger partial charge in [0.15, 0.2) is 0 Å². The Bertz CT molecular complexity index is 465. The SMILES string of the molecule is CC(C)N[C@@H](Cc1ccccc1)C(=O)N(C1CC1)C1CC1. The lowest BCUT2D eigenvalue weighted by Gasteiger charge is -2.29. The zero-order valence-corrected chi connectivity index (χ0v) is 13.1. The molecule has 1 N–H and O–H groups in total. The van der Waals surface area contributed by atoms with E-state index in [1.165, 1.54) is 31.2 Å². The second kappa shape index (κ2) is 6.18. The van der Waals surface area contributed by atoms with Gasteiger partial charge in [-0.1, -0.05) is 44.2 Å². The fourth-order valence-corrected chi connectivity index (χ4v) is 3.01. The van der Waals surface area contributed by atoms with Gasteiger partial charge in [-0.25, -0.2) is 0 Å². The Morgan fingerprint density at radius 2 is 1.71 bits per heavy atom. The van der Waals surface area contributed by atoms with Crippen LogP contribution < -0.4 is 5.32 Å². The monoisotopic (exact) mass is 286 g/mol. The summed E-state index contributed by atoms with van der Waals surface area (Å²) in [7, 11) is 0. The molecule has 0 unspecified atom stereocenters. The highest BCUT2D eigenvalue weighted by atomic mass is 16.2. The van der Waals surface area contributed by atoms with Crippen molar-refractivity contribution in [2.24, 2.45) is 0 Å². The van der Waals surface area contributed by atoms with Crippen molar-refractivity contribution in [3.05, 3.63) is 35.9 Å². The van der Waals surface area contributed by atoms with Crippen molar-refractivity contribution < 1.29 is 4.79 Å². The molecule has 2 aliphatic rings. The standard InChI is InChI=1S/C18H26N2O/c1-13(2)19-17(12-14-6-4-3-5-7-14)18(21)20(15-8-9-15)16-10-11-16/h3-7,13,15-17,19H,8-12H2,1-2H3/t17-/m0/s1. The predicted octanol–water partition coefficient (Wildman–Crippen LogP) is 2.75. The van der Waals surface area contributed by atoms with Crippen LogP contribution in [0.15, 0.2) is 30.3 Å². The maximum absolute atomic E-state index is 13.0. The number of carbonyl (C=O) groups is 1. The van der Waals surface area contributed by atoms with Gasteiger partial charge in [-0.3, -0.25) is 4.79 Å². The van der Waals surface area contributed by atoms with Crippen LogP contribution in [-0.4, -0.2) is 35.0 Å². The minimum absolute atomic E-state index is 0.0893. The van der Waals surface area contributed by atoms with E-state index in [0.29, 0.717) is 24.0 Å². The zero-order chi connectivity index (χ0) is 14.8. The van der Waals surface area contributed by atoms with Crippen molar-refractivity contribution in [2.45, 2.75) is 70.1 Å². The number of amides is 1. The third kappa shape index (κ3) is 3.85. The predicted molar refractivity (Wildman–Crippen MR) is 85.1 cm³/mol. The summed E-state index contributed by atoms with van der Waals surface area (Å²) >= 11 is 0. The van der Waals surface area contributed by atoms with Gasteiger partial charge in [0.1, 0.15) is 0 Å². The van der Waals surface area contributed by atoms with Crippen molar-refractivity contribution in [1.29, 1.82) is 0 Å². The first-order valence-electron chi connectivity index (χ1n) is 8.27. The highest BCUT2D eigenvalue weighted by Crippen LogP contribution is 2.37. The quantitative estimate of drug-likeness (QED) is 0.836. The molecule has 3 heteroatoms. The van der Waals surface area contributed by atoms with Gasteiger partial charge in [-0.15, -0.1) is 0 Å². The summed E-state index contributed by atoms with van der Waals surface area (Å²) in [5.41, 5.74) is 1.23. The molecule has 0 radical (unpaired) electrons. The lowest BCUT2D eigenvalue weighted by atomic mass is 10.0. The fraction of sp³-hybridized carbons (Fsp3) is 0.611. The van der Waals surface area contributed by atoms with Crippen LogP contribution in [0.4, 0.5) is 0 Å². The molecule has 0 heterocycles. The Morgan fingerprint density at radius 3 is 2.19 bits per heavy atom. The highest BCUT2D eigenvalue weighted by molar-refractivity contribution is 5.83. The summed E-state index contributed by atoms with van der Waals surface area (Å²) in [6, 6.07) is 11.6. The van der Waals surface area contributed by atoms with E-state index in [1.54, 1.807) is 0 Å². The van der Waals surface area contributed by atoms with Crippen molar-refractivity contribution >= 4 is 5.91 Å². The van der Waals surface area contributed by atoms with E-state index in [-0.39, 0.29) is 6.04 Å². The Labute approximate surface area is 127 Å². The average Bonchev–Trinajstić information content (AvgIpc) is 3.33. The van der Waals surface area contributed by atoms with Gasteiger partial charge in [-0.2, -0.15) is 0 Å². The van der Waals surface area contributed by atoms with Crippen LogP contribution in [0.25, 0.3) is 0 Å². The number of hydrogen-bond acceptors (Lipinski definition) is 2. The molecule has 0 aromatic heterocycles. The van der Waals surface area contributed by atoms with E-state index in [2.05, 4.69) is 36.2 Å². The van der Waals surface area contributed by atoms with E-state index >= 15 is 0 Å². The zero-order valence-electron chi connectivity index (χ0n) is 13.1. The van der Waals surface area contributed by atoms with Crippen molar-refractivity contribution in [2.75, 3.05) is 0 Å². The van der Waals surface area contributed by atoms with Gasteiger partial charge in [0, 0.05) is 18.1 Å². The fourth-order valence-electron chi connectivity index (χ4n) is 3.01. The second-order valence-corrected chi connectivity index (χ2v) is 6.77. The topological polar surface area (TPSA) is 32.3 Å². The minimum Gasteiger partial charge on any atom is -0.335 e. The second-order valence-electron chi connectivity index (χ2n) is 6.77. The van der Waals surface area contributed by atoms with E-state index in [1.807, 2.05) is 18.2 Å². The summed E-state index contributed by atoms with van der Waals surface area (Å²) in [5.74, 6) is 0.317. The molecule has 3 nitrogen and oxygen atoms in total. The first-order valence-corrected chi connectivity index (χ1v) is 8.27. The molecule has 0 bridgehead atoms. The third-order valence-corrected chi connectivity index (χ3v) is 4.25. The molecule has 2 aliphatic carbocycles. The maximum atomic E-state index is 13.0. The van der Waals surface area contributed by atoms with Gasteiger partial charge in [-0.05, 0) is 37.7 Å². The number of carbonyl (C=O) groups excluding carboxylic acids is 1. The van der Waals surface area contributed by atoms with Gasteiger partial charge < -0.3 is 10.2 Å². The Morgan fingerprint density at radius 1 is 1.14 bits per heavy atom. The molecule has 3 rings (SSSR count). The number of nitrogens with one attached hydrogen (secondary N) is 1. The van der Waals surface area contributed by atoms with E-state index in [9.17, 15) is 4.79 Å². The molecule has 2 fully saturated rings. The lowest BCUT2D eigenvalue weighted by molar-refractivity contribution is -0.134. The Hall–Kier alpha value is -1.35. The Balaban J connectivity index is 1.72. The van der Waals surface area contributed by atoms with Gasteiger partial charge in [0.2, 0.25) is 5.91 Å². The highest BCUT2D eigenvalue weighted by Gasteiger charge is 2.43. The molecular formula is C18H26N2O. The van der Waals surface area contributed by atoms with Crippen LogP contribution in [-0.2, 0) is 11.2 Å². The number of rotatable bonds is 7. The van der Waals surface area contributed by atoms with Crippen LogP contribution in [0, 0.1) is 0 Å². The molecule has 0 aliphatic heterocycles. The van der Waals surface area contributed by atoms with Crippen LogP contribution in [0.2, 0.25) is 0 Å². The summed E-state index contributed by atoms with van der Waals surface area (Å²) < 4.78 is 0. The normalized spacial score (nSPS) is 19.6. The summed E-state index contributed by atoms with van der Waals surface area (Å²) in [6.07, 6.45) is 5.57. The molecule has 0 saturated heterocycles. The molecule has 21 heavy (non-hydrogen) atoms. The average molecular weight is 286 g/mol. The number of benzene rings is 1. The summed E-state index contributed by atoms with van der Waals surface area (Å²) in [6.45, 7) is 4.23. The molecule has 114 valence electrons. The maximum Gasteiger partial charge on any atom is 0.240 e. The smallest absolute Gasteiger partial charge is 0.240 e. The Kier molecular flexibility index (Phi) is 4.29. The van der Waals surface area contributed by atoms with E-state index < -0.39 is 0 Å². The van der Waals surface area contributed by atoms with Crippen molar-refractivity contribution in [3.63, 3.8) is 0 Å². The lowest BCUT2D eigenvalue weighted by Crippen LogP contribution is -2.51. The molecule has 1 aromatic carbocycles. The van der Waals surface area contributed by atoms with Crippen molar-refractivity contribution in [1.82, 2.24) is 10.2 Å². The van der Waals surface area contributed by atoms with Gasteiger partial charge in [0.25, 0.3) is 0 Å². The molecule has 1 amide bonds. The van der Waals surface area contributed by atoms with E-state index in [4.69, 9.17) is 0 Å². The molecule has 0 spiro atoms. The van der Waals surface area contributed by atoms with Crippen molar-refractivity contribution in [3.8, 4) is 0 Å². The van der Waals surface area contributed by atoms with Crippen LogP contribution >= 0.6 is 0 Å². The molecule has 1 aromatic rings. The third-order valence-electron chi connectivity index (χ3n) is 4.25. The van der Waals surface area contributed by atoms with Gasteiger partial charge in [0.05, 0.1) is 6.04 Å².